The molecule has 3 N–H and O–H groups in total. The summed E-state index contributed by atoms with van der Waals surface area (Å²) in [7, 11) is 0. The molecule has 0 aromatic carbocycles. The second-order valence-electron chi connectivity index (χ2n) is 2.72. The second-order valence-corrected chi connectivity index (χ2v) is 2.72. The molecule has 1 aliphatic heterocycles. The third-order valence-electron chi connectivity index (χ3n) is 1.78. The molecule has 1 aliphatic rings. The van der Waals surface area contributed by atoms with E-state index in [2.05, 4.69) is 0 Å². The fourth-order valence-corrected chi connectivity index (χ4v) is 1.02. The zero-order valence-corrected chi connectivity index (χ0v) is 7.58. The summed E-state index contributed by atoms with van der Waals surface area (Å²) in [4.78, 5) is 33.8. The van der Waals surface area contributed by atoms with Gasteiger partial charge in [0.1, 0.15) is 0 Å². The molecule has 8 nitrogen and oxygen atoms in total. The summed E-state index contributed by atoms with van der Waals surface area (Å²) in [6, 6.07) is 0. The zero-order valence-electron chi connectivity index (χ0n) is 7.58. The highest BCUT2D eigenvalue weighted by Gasteiger charge is 2.24. The topological polar surface area (TPSA) is 110 Å². The molecule has 0 unspecified atom stereocenters. The second kappa shape index (κ2) is 4.64. The van der Waals surface area contributed by atoms with Gasteiger partial charge in [-0.15, -0.1) is 5.17 Å². The minimum Gasteiger partial charge on any atom is -0.295 e. The maximum absolute atomic E-state index is 11.0. The van der Waals surface area contributed by atoms with Crippen LogP contribution in [0.15, 0.2) is 12.2 Å². The Balaban J connectivity index is 2.41. The Morgan fingerprint density at radius 2 is 1.93 bits per heavy atom. The van der Waals surface area contributed by atoms with Gasteiger partial charge in [-0.3, -0.25) is 29.7 Å². The van der Waals surface area contributed by atoms with E-state index in [1.165, 1.54) is 5.59 Å². The summed E-state index contributed by atoms with van der Waals surface area (Å²) >= 11 is 0. The molecule has 8 heteroatoms. The summed E-state index contributed by atoms with van der Waals surface area (Å²) in [5.74, 6) is -1.88. The van der Waals surface area contributed by atoms with Crippen LogP contribution in [0.3, 0.4) is 0 Å². The van der Waals surface area contributed by atoms with Crippen molar-refractivity contribution in [3.63, 3.8) is 0 Å². The summed E-state index contributed by atoms with van der Waals surface area (Å²) in [5, 5.41) is 16.7. The van der Waals surface area contributed by atoms with Gasteiger partial charge in [0.05, 0.1) is 0 Å². The minimum atomic E-state index is -0.870. The molecule has 0 aromatic rings. The number of hydrogen-bond acceptors (Lipinski definition) is 6. The number of hydrogen-bond donors (Lipinski definition) is 3. The Bertz CT molecular complexity index is 309. The van der Waals surface area contributed by atoms with Gasteiger partial charge in [0.25, 0.3) is 17.7 Å². The lowest BCUT2D eigenvalue weighted by Gasteiger charge is -2.15. The van der Waals surface area contributed by atoms with Crippen molar-refractivity contribution in [1.82, 2.24) is 15.7 Å². The molecule has 0 saturated carbocycles. The fraction of sp³-hybridized carbons (Fsp3) is 0.286. The van der Waals surface area contributed by atoms with Crippen LogP contribution in [0.2, 0.25) is 0 Å². The van der Waals surface area contributed by atoms with E-state index in [1.54, 1.807) is 0 Å². The van der Waals surface area contributed by atoms with Crippen LogP contribution in [0.25, 0.3) is 0 Å². The molecule has 0 aromatic heterocycles. The number of nitrogens with one attached hydrogen (secondary N) is 1. The molecule has 0 saturated heterocycles. The van der Waals surface area contributed by atoms with Crippen molar-refractivity contribution in [1.29, 1.82) is 0 Å². The predicted molar refractivity (Wildman–Crippen MR) is 44.0 cm³/mol. The number of carbonyl (C=O) groups is 3. The number of imide groups is 1. The lowest BCUT2D eigenvalue weighted by atomic mass is 10.3. The molecule has 1 rings (SSSR count). The van der Waals surface area contributed by atoms with E-state index in [4.69, 9.17) is 10.4 Å². The molecule has 0 spiro atoms. The average molecular weight is 215 g/mol. The highest BCUT2D eigenvalue weighted by molar-refractivity contribution is 6.13. The van der Waals surface area contributed by atoms with Crippen LogP contribution in [0.4, 0.5) is 0 Å². The SMILES string of the molecule is O=C(CCN1C(=O)C=CC1=O)N(O)NO. The van der Waals surface area contributed by atoms with Gasteiger partial charge in [-0.05, 0) is 0 Å². The Labute approximate surface area is 84.3 Å². The first-order valence-electron chi connectivity index (χ1n) is 4.01. The monoisotopic (exact) mass is 215 g/mol. The van der Waals surface area contributed by atoms with Crippen molar-refractivity contribution < 1.29 is 24.8 Å². The normalized spacial score (nSPS) is 14.9. The van der Waals surface area contributed by atoms with Crippen LogP contribution in [-0.4, -0.2) is 44.8 Å². The van der Waals surface area contributed by atoms with Crippen LogP contribution in [0.1, 0.15) is 6.42 Å². The standard InChI is InChI=1S/C7H9N3O5/c11-5-1-2-6(12)9(5)4-3-7(13)10(15)8-14/h1-2,8,14-15H,3-4H2. The summed E-state index contributed by atoms with van der Waals surface area (Å²) in [6.07, 6.45) is 1.89. The van der Waals surface area contributed by atoms with Gasteiger partial charge in [-0.1, -0.05) is 5.59 Å². The van der Waals surface area contributed by atoms with Crippen LogP contribution in [0.5, 0.6) is 0 Å². The number of rotatable bonds is 4. The van der Waals surface area contributed by atoms with Crippen LogP contribution in [-0.2, 0) is 14.4 Å². The Kier molecular flexibility index (Phi) is 3.50. The van der Waals surface area contributed by atoms with E-state index in [0.717, 1.165) is 17.1 Å². The molecule has 3 amide bonds. The third-order valence-corrected chi connectivity index (χ3v) is 1.78. The van der Waals surface area contributed by atoms with E-state index < -0.39 is 17.7 Å². The quantitative estimate of drug-likeness (QED) is 0.296. The average Bonchev–Trinajstić information content (AvgIpc) is 2.54. The first-order chi connectivity index (χ1) is 7.06. The maximum atomic E-state index is 11.0. The molecule has 0 radical (unpaired) electrons. The number of carbonyl (C=O) groups excluding carboxylic acids is 3. The summed E-state index contributed by atoms with van der Waals surface area (Å²) in [5.41, 5.74) is 1.20. The van der Waals surface area contributed by atoms with E-state index >= 15 is 0 Å². The molecule has 0 fully saturated rings. The van der Waals surface area contributed by atoms with Gasteiger partial charge >= 0.3 is 0 Å². The van der Waals surface area contributed by atoms with Gasteiger partial charge in [0.2, 0.25) is 0 Å². The molecular weight excluding hydrogens is 206 g/mol. The summed E-state index contributed by atoms with van der Waals surface area (Å²) < 4.78 is 0. The lowest BCUT2D eigenvalue weighted by molar-refractivity contribution is -0.218. The predicted octanol–water partition coefficient (Wildman–Crippen LogP) is -1.59. The molecule has 0 atom stereocenters. The number of amides is 3. The van der Waals surface area contributed by atoms with Gasteiger partial charge in [-0.2, -0.15) is 0 Å². The molecule has 1 heterocycles. The van der Waals surface area contributed by atoms with Crippen LogP contribution < -0.4 is 5.59 Å². The van der Waals surface area contributed by atoms with Crippen molar-refractivity contribution in [2.45, 2.75) is 6.42 Å². The highest BCUT2D eigenvalue weighted by atomic mass is 16.7. The van der Waals surface area contributed by atoms with Crippen molar-refractivity contribution >= 4 is 17.7 Å². The molecular formula is C7H9N3O5. The number of hydroxylamine groups is 1. The lowest BCUT2D eigenvalue weighted by Crippen LogP contribution is -2.40. The first kappa shape index (κ1) is 11.3. The van der Waals surface area contributed by atoms with Gasteiger partial charge in [-0.25, -0.2) is 0 Å². The van der Waals surface area contributed by atoms with E-state index in [0.29, 0.717) is 0 Å². The smallest absolute Gasteiger partial charge is 0.265 e. The Hall–Kier alpha value is -1.77. The van der Waals surface area contributed by atoms with Crippen molar-refractivity contribution in [3.8, 4) is 0 Å². The maximum Gasteiger partial charge on any atom is 0.265 e. The van der Waals surface area contributed by atoms with E-state index in [-0.39, 0.29) is 18.1 Å². The molecule has 0 bridgehead atoms. The van der Waals surface area contributed by atoms with Gasteiger partial charge < -0.3 is 0 Å². The molecule has 15 heavy (non-hydrogen) atoms. The van der Waals surface area contributed by atoms with Crippen LogP contribution in [0, 0.1) is 0 Å². The summed E-state index contributed by atoms with van der Waals surface area (Å²) in [6.45, 7) is -0.151. The van der Waals surface area contributed by atoms with Crippen LogP contribution >= 0.6 is 0 Å². The molecule has 0 aliphatic carbocycles. The van der Waals surface area contributed by atoms with Gasteiger partial charge in [0.15, 0.2) is 0 Å². The third kappa shape index (κ3) is 2.59. The Morgan fingerprint density at radius 3 is 2.40 bits per heavy atom. The largest absolute Gasteiger partial charge is 0.295 e. The number of hydrazine groups is 1. The van der Waals surface area contributed by atoms with E-state index in [9.17, 15) is 14.4 Å². The highest BCUT2D eigenvalue weighted by Crippen LogP contribution is 2.04. The van der Waals surface area contributed by atoms with Crippen molar-refractivity contribution in [2.75, 3.05) is 6.54 Å². The van der Waals surface area contributed by atoms with Crippen molar-refractivity contribution in [2.24, 2.45) is 0 Å². The Morgan fingerprint density at radius 1 is 1.40 bits per heavy atom. The van der Waals surface area contributed by atoms with Crippen molar-refractivity contribution in [3.05, 3.63) is 12.2 Å². The number of nitrogens with zero attached hydrogens (tertiary/aromatic N) is 2. The minimum absolute atomic E-state index is 0.140. The van der Waals surface area contributed by atoms with Gasteiger partial charge in [0, 0.05) is 25.1 Å². The fourth-order valence-electron chi connectivity index (χ4n) is 1.02. The molecule has 82 valence electrons. The zero-order chi connectivity index (χ0) is 11.4. The van der Waals surface area contributed by atoms with E-state index in [1.807, 2.05) is 0 Å². The first-order valence-corrected chi connectivity index (χ1v) is 4.01.